The Morgan fingerprint density at radius 3 is 2.50 bits per heavy atom. The smallest absolute Gasteiger partial charge is 0.318 e. The summed E-state index contributed by atoms with van der Waals surface area (Å²) in [4.78, 5) is 29.4. The van der Waals surface area contributed by atoms with E-state index in [0.717, 1.165) is 5.69 Å². The van der Waals surface area contributed by atoms with Crippen LogP contribution in [0.4, 0.5) is 9.18 Å². The van der Waals surface area contributed by atoms with Crippen molar-refractivity contribution in [3.8, 4) is 0 Å². The normalized spacial score (nSPS) is 16.4. The monoisotopic (exact) mass is 414 g/mol. The molecule has 0 saturated heterocycles. The van der Waals surface area contributed by atoms with Gasteiger partial charge in [-0.1, -0.05) is 18.2 Å². The molecule has 0 radical (unpaired) electrons. The Hall–Kier alpha value is -2.83. The van der Waals surface area contributed by atoms with Gasteiger partial charge in [-0.25, -0.2) is 9.18 Å². The van der Waals surface area contributed by atoms with E-state index in [1.807, 2.05) is 57.5 Å². The Bertz CT molecular complexity index is 916. The van der Waals surface area contributed by atoms with Crippen molar-refractivity contribution in [2.75, 3.05) is 13.1 Å². The summed E-state index contributed by atoms with van der Waals surface area (Å²) in [5, 5.41) is 2.92. The van der Waals surface area contributed by atoms with E-state index < -0.39 is 11.6 Å². The fraction of sp³-hybridized carbons (Fsp3) is 0.478. The molecule has 1 aliphatic rings. The van der Waals surface area contributed by atoms with Crippen LogP contribution in [0.3, 0.4) is 0 Å². The Morgan fingerprint density at radius 1 is 1.17 bits per heavy atom. The standard InChI is InChI=1S/C23H31FN4O2/c1-16(2)28(22(30)25-23(3,4)5)15-20(29)27-14-13-26-12-8-11-19(26)21(27)17-9-6-7-10-18(17)24/h6-12,16,21H,13-15H2,1-5H3,(H,25,30). The molecule has 0 fully saturated rings. The highest BCUT2D eigenvalue weighted by Crippen LogP contribution is 2.34. The van der Waals surface area contributed by atoms with Gasteiger partial charge in [-0.15, -0.1) is 0 Å². The fourth-order valence-electron chi connectivity index (χ4n) is 3.79. The molecule has 2 heterocycles. The molecule has 0 saturated carbocycles. The van der Waals surface area contributed by atoms with Crippen LogP contribution in [0.2, 0.25) is 0 Å². The highest BCUT2D eigenvalue weighted by Gasteiger charge is 2.35. The lowest BCUT2D eigenvalue weighted by atomic mass is 9.99. The van der Waals surface area contributed by atoms with Crippen molar-refractivity contribution in [1.29, 1.82) is 0 Å². The summed E-state index contributed by atoms with van der Waals surface area (Å²) in [6.07, 6.45) is 1.95. The largest absolute Gasteiger partial charge is 0.348 e. The molecule has 3 rings (SSSR count). The summed E-state index contributed by atoms with van der Waals surface area (Å²) in [6.45, 7) is 10.5. The summed E-state index contributed by atoms with van der Waals surface area (Å²) >= 11 is 0. The quantitative estimate of drug-likeness (QED) is 0.828. The molecule has 1 unspecified atom stereocenters. The molecule has 1 aromatic carbocycles. The molecule has 0 aliphatic carbocycles. The number of fused-ring (bicyclic) bond motifs is 1. The zero-order chi connectivity index (χ0) is 22.1. The van der Waals surface area contributed by atoms with Crippen molar-refractivity contribution >= 4 is 11.9 Å². The maximum absolute atomic E-state index is 14.7. The van der Waals surface area contributed by atoms with Gasteiger partial charge in [-0.05, 0) is 52.8 Å². The molecule has 7 heteroatoms. The van der Waals surface area contributed by atoms with Crippen molar-refractivity contribution in [3.05, 3.63) is 59.7 Å². The minimum Gasteiger partial charge on any atom is -0.348 e. The number of carbonyl (C=O) groups excluding carboxylic acids is 2. The second-order valence-electron chi connectivity index (χ2n) is 9.04. The third-order valence-electron chi connectivity index (χ3n) is 5.23. The molecular weight excluding hydrogens is 383 g/mol. The summed E-state index contributed by atoms with van der Waals surface area (Å²) in [5.41, 5.74) is 0.922. The summed E-state index contributed by atoms with van der Waals surface area (Å²) in [6, 6.07) is 9.42. The predicted octanol–water partition coefficient (Wildman–Crippen LogP) is 3.78. The molecule has 1 aromatic heterocycles. The molecule has 1 N–H and O–H groups in total. The van der Waals surface area contributed by atoms with Crippen LogP contribution >= 0.6 is 0 Å². The number of nitrogens with one attached hydrogen (secondary N) is 1. The number of carbonyl (C=O) groups is 2. The van der Waals surface area contributed by atoms with Crippen molar-refractivity contribution in [1.82, 2.24) is 19.7 Å². The third-order valence-corrected chi connectivity index (χ3v) is 5.23. The van der Waals surface area contributed by atoms with Crippen LogP contribution in [-0.2, 0) is 11.3 Å². The second kappa shape index (κ2) is 8.50. The number of nitrogens with zero attached hydrogens (tertiary/aromatic N) is 3. The maximum Gasteiger partial charge on any atom is 0.318 e. The van der Waals surface area contributed by atoms with Crippen LogP contribution in [0, 0.1) is 5.82 Å². The molecule has 162 valence electrons. The minimum atomic E-state index is -0.526. The first-order valence-corrected chi connectivity index (χ1v) is 10.4. The van der Waals surface area contributed by atoms with Gasteiger partial charge in [0.2, 0.25) is 5.91 Å². The fourth-order valence-corrected chi connectivity index (χ4v) is 3.79. The number of benzene rings is 1. The van der Waals surface area contributed by atoms with Crippen molar-refractivity contribution in [3.63, 3.8) is 0 Å². The van der Waals surface area contributed by atoms with Crippen LogP contribution in [-0.4, -0.2) is 51.0 Å². The number of halogens is 1. The molecule has 30 heavy (non-hydrogen) atoms. The molecule has 0 spiro atoms. The molecule has 1 atom stereocenters. The van der Waals surface area contributed by atoms with E-state index in [0.29, 0.717) is 18.7 Å². The van der Waals surface area contributed by atoms with Gasteiger partial charge in [-0.2, -0.15) is 0 Å². The number of amides is 3. The lowest BCUT2D eigenvalue weighted by Crippen LogP contribution is -2.54. The van der Waals surface area contributed by atoms with Crippen LogP contribution in [0.15, 0.2) is 42.6 Å². The summed E-state index contributed by atoms with van der Waals surface area (Å²) in [7, 11) is 0. The van der Waals surface area contributed by atoms with Crippen LogP contribution < -0.4 is 5.32 Å². The van der Waals surface area contributed by atoms with E-state index in [-0.39, 0.29) is 30.3 Å². The number of hydrogen-bond acceptors (Lipinski definition) is 2. The second-order valence-corrected chi connectivity index (χ2v) is 9.04. The Labute approximate surface area is 177 Å². The number of rotatable bonds is 4. The molecular formula is C23H31FN4O2. The summed E-state index contributed by atoms with van der Waals surface area (Å²) < 4.78 is 16.7. The highest BCUT2D eigenvalue weighted by atomic mass is 19.1. The molecule has 2 aromatic rings. The topological polar surface area (TPSA) is 57.6 Å². The first-order valence-electron chi connectivity index (χ1n) is 10.4. The van der Waals surface area contributed by atoms with Gasteiger partial charge in [0.05, 0.1) is 0 Å². The zero-order valence-electron chi connectivity index (χ0n) is 18.4. The maximum atomic E-state index is 14.7. The van der Waals surface area contributed by atoms with E-state index in [1.54, 1.807) is 23.1 Å². The van der Waals surface area contributed by atoms with Gasteiger partial charge in [0.25, 0.3) is 0 Å². The average molecular weight is 415 g/mol. The van der Waals surface area contributed by atoms with Crippen LogP contribution in [0.1, 0.15) is 51.9 Å². The third kappa shape index (κ3) is 4.66. The average Bonchev–Trinajstić information content (AvgIpc) is 3.12. The van der Waals surface area contributed by atoms with E-state index in [4.69, 9.17) is 0 Å². The van der Waals surface area contributed by atoms with Gasteiger partial charge >= 0.3 is 6.03 Å². The first kappa shape index (κ1) is 21.9. The Morgan fingerprint density at radius 2 is 1.87 bits per heavy atom. The van der Waals surface area contributed by atoms with Gasteiger partial charge < -0.3 is 19.7 Å². The SMILES string of the molecule is CC(C)N(CC(=O)N1CCn2cccc2C1c1ccccc1F)C(=O)NC(C)(C)C. The van der Waals surface area contributed by atoms with Gasteiger partial charge in [-0.3, -0.25) is 4.79 Å². The molecule has 6 nitrogen and oxygen atoms in total. The molecule has 1 aliphatic heterocycles. The molecule has 0 bridgehead atoms. The first-order chi connectivity index (χ1) is 14.1. The lowest BCUT2D eigenvalue weighted by molar-refractivity contribution is -0.135. The number of hydrogen-bond donors (Lipinski definition) is 1. The zero-order valence-corrected chi connectivity index (χ0v) is 18.4. The van der Waals surface area contributed by atoms with Gasteiger partial charge in [0, 0.05) is 42.1 Å². The minimum absolute atomic E-state index is 0.0642. The van der Waals surface area contributed by atoms with Gasteiger partial charge in [0.15, 0.2) is 0 Å². The Balaban J connectivity index is 1.90. The van der Waals surface area contributed by atoms with E-state index in [2.05, 4.69) is 5.32 Å². The summed E-state index contributed by atoms with van der Waals surface area (Å²) in [5.74, 6) is -0.547. The number of urea groups is 1. The predicted molar refractivity (Wildman–Crippen MR) is 115 cm³/mol. The highest BCUT2D eigenvalue weighted by molar-refractivity contribution is 5.85. The van der Waals surface area contributed by atoms with Crippen molar-refractivity contribution < 1.29 is 14.0 Å². The van der Waals surface area contributed by atoms with Gasteiger partial charge in [0.1, 0.15) is 18.4 Å². The number of aromatic nitrogens is 1. The van der Waals surface area contributed by atoms with E-state index in [9.17, 15) is 14.0 Å². The van der Waals surface area contributed by atoms with Crippen molar-refractivity contribution in [2.45, 2.75) is 58.8 Å². The van der Waals surface area contributed by atoms with E-state index in [1.165, 1.54) is 11.0 Å². The van der Waals surface area contributed by atoms with E-state index >= 15 is 0 Å². The Kier molecular flexibility index (Phi) is 6.19. The lowest BCUT2D eigenvalue weighted by Gasteiger charge is -2.39. The van der Waals surface area contributed by atoms with Crippen LogP contribution in [0.25, 0.3) is 0 Å². The van der Waals surface area contributed by atoms with Crippen molar-refractivity contribution in [2.24, 2.45) is 0 Å². The van der Waals surface area contributed by atoms with Crippen LogP contribution in [0.5, 0.6) is 0 Å². The molecule has 3 amide bonds.